The van der Waals surface area contributed by atoms with Crippen molar-refractivity contribution in [2.24, 2.45) is 5.73 Å². The highest BCUT2D eigenvalue weighted by Crippen LogP contribution is 2.56. The van der Waals surface area contributed by atoms with Crippen molar-refractivity contribution in [1.82, 2.24) is 4.57 Å². The van der Waals surface area contributed by atoms with E-state index in [1.165, 1.54) is 49.7 Å². The van der Waals surface area contributed by atoms with Gasteiger partial charge in [0.05, 0.1) is 31.3 Å². The van der Waals surface area contributed by atoms with Gasteiger partial charge in [0.25, 0.3) is 5.78 Å². The van der Waals surface area contributed by atoms with Crippen LogP contribution in [0.4, 0.5) is 22.9 Å². The molecule has 3 heterocycles. The van der Waals surface area contributed by atoms with Gasteiger partial charge in [-0.3, -0.25) is 19.1 Å². The zero-order chi connectivity index (χ0) is 43.7. The zero-order valence-electron chi connectivity index (χ0n) is 36.1. The molecule has 2 N–H and O–H groups in total. The standard InChI is InChI=1S/C32H32N3P.C14H9NO2.C9H13N/c1-24(22-26-14-6-3-7-15-26)34-31-29-20-12-13-21-30(29)33(28-18-10-5-11-19-28)32(31)35(36-34)25(2)23-27-16-8-4-9-17-27;16-13-11-8-4-5-9-12(11)15(14(13)17)10-6-2-1-3-7-10;1-8(10)7-9-5-3-2-4-6-9/h3-21,24-25,36H,22-23H2,1-2H3;1-9H;2-6,8H,7,10H2,1H3/t24-,25-;;8-/m0.1/s1. The summed E-state index contributed by atoms with van der Waals surface area (Å²) in [7, 11) is 0.567. The Kier molecular flexibility index (Phi) is 13.6. The van der Waals surface area contributed by atoms with Crippen LogP contribution in [0, 0.1) is 0 Å². The Morgan fingerprint density at radius 2 is 0.937 bits per heavy atom. The van der Waals surface area contributed by atoms with Crippen LogP contribution in [0.3, 0.4) is 0 Å². The van der Waals surface area contributed by atoms with Gasteiger partial charge < -0.3 is 15.1 Å². The fraction of sp³-hybridized carbons (Fsp3) is 0.164. The average molecular weight is 848 g/mol. The Morgan fingerprint density at radius 1 is 0.492 bits per heavy atom. The summed E-state index contributed by atoms with van der Waals surface area (Å²) in [5.74, 6) is 0.394. The summed E-state index contributed by atoms with van der Waals surface area (Å²) in [5.41, 5.74) is 15.4. The van der Waals surface area contributed by atoms with E-state index in [4.69, 9.17) is 5.73 Å². The fourth-order valence-corrected chi connectivity index (χ4v) is 9.88. The predicted molar refractivity (Wildman–Crippen MR) is 264 cm³/mol. The Balaban J connectivity index is 0.000000165. The molecule has 1 amide bonds. The number of carbonyl (C=O) groups is 2. The summed E-state index contributed by atoms with van der Waals surface area (Å²) in [6.45, 7) is 6.78. The topological polar surface area (TPSA) is 74.8 Å². The molecule has 0 radical (unpaired) electrons. The predicted octanol–water partition coefficient (Wildman–Crippen LogP) is 12.2. The third kappa shape index (κ3) is 9.66. The number of hydrogen-bond acceptors (Lipinski definition) is 5. The van der Waals surface area contributed by atoms with Gasteiger partial charge >= 0.3 is 5.91 Å². The highest BCUT2D eigenvalue weighted by molar-refractivity contribution is 7.43. The van der Waals surface area contributed by atoms with Gasteiger partial charge in [-0.15, -0.1) is 0 Å². The number of Topliss-reactive ketones (excluding diaryl/α,β-unsaturated/α-hetero) is 1. The molecule has 4 atom stereocenters. The molecule has 2 aliphatic rings. The van der Waals surface area contributed by atoms with Crippen LogP contribution in [0.2, 0.25) is 0 Å². The third-order valence-corrected chi connectivity index (χ3v) is 13.1. The van der Waals surface area contributed by atoms with E-state index in [-0.39, 0.29) is 6.04 Å². The first-order valence-corrected chi connectivity index (χ1v) is 22.6. The van der Waals surface area contributed by atoms with Gasteiger partial charge in [0.1, 0.15) is 5.82 Å². The largest absolute Gasteiger partial charge is 0.329 e. The van der Waals surface area contributed by atoms with E-state index in [1.807, 2.05) is 61.5 Å². The Morgan fingerprint density at radius 3 is 1.49 bits per heavy atom. The van der Waals surface area contributed by atoms with Crippen molar-refractivity contribution in [1.29, 1.82) is 0 Å². The van der Waals surface area contributed by atoms with Crippen LogP contribution in [0.5, 0.6) is 0 Å². The number of anilines is 4. The van der Waals surface area contributed by atoms with Crippen molar-refractivity contribution in [3.63, 3.8) is 0 Å². The Bertz CT molecular complexity index is 2750. The van der Waals surface area contributed by atoms with Gasteiger partial charge in [0.15, 0.2) is 0 Å². The lowest BCUT2D eigenvalue weighted by molar-refractivity contribution is -0.113. The molecule has 63 heavy (non-hydrogen) atoms. The molecule has 1 unspecified atom stereocenters. The quantitative estimate of drug-likeness (QED) is 0.110. The normalized spacial score (nSPS) is 14.6. The highest BCUT2D eigenvalue weighted by atomic mass is 31.1. The van der Waals surface area contributed by atoms with Gasteiger partial charge in [-0.05, 0) is 99.2 Å². The van der Waals surface area contributed by atoms with Crippen molar-refractivity contribution in [2.45, 2.75) is 58.2 Å². The van der Waals surface area contributed by atoms with Crippen molar-refractivity contribution < 1.29 is 9.59 Å². The summed E-state index contributed by atoms with van der Waals surface area (Å²) < 4.78 is 7.79. The van der Waals surface area contributed by atoms with E-state index >= 15 is 0 Å². The number of hydrogen-bond donors (Lipinski definition) is 1. The summed E-state index contributed by atoms with van der Waals surface area (Å²) in [5, 5.41) is 1.33. The SMILES string of the molecule is C[C@@H](Cc1ccccc1)N1PN([C@@H](C)Cc2ccccc2)c2c1c1ccccc1n2-c1ccccc1.C[C@@H](N)Cc1ccccc1.O=C1C(=O)N(c2ccccc2)c2ccccc21. The number of carbonyl (C=O) groups excluding carboxylic acids is 2. The van der Waals surface area contributed by atoms with E-state index in [1.54, 1.807) is 18.2 Å². The lowest BCUT2D eigenvalue weighted by Gasteiger charge is -2.31. The molecule has 316 valence electrons. The first-order chi connectivity index (χ1) is 30.8. The van der Waals surface area contributed by atoms with Crippen LogP contribution in [0.15, 0.2) is 200 Å². The second-order valence-corrected chi connectivity index (χ2v) is 17.4. The third-order valence-electron chi connectivity index (χ3n) is 11.4. The number of rotatable bonds is 10. The fourth-order valence-electron chi connectivity index (χ4n) is 8.45. The molecule has 8 heteroatoms. The van der Waals surface area contributed by atoms with Crippen LogP contribution in [0.25, 0.3) is 16.6 Å². The van der Waals surface area contributed by atoms with Gasteiger partial charge in [0.2, 0.25) is 0 Å². The molecule has 0 bridgehead atoms. The van der Waals surface area contributed by atoms with Gasteiger partial charge in [-0.25, -0.2) is 0 Å². The lowest BCUT2D eigenvalue weighted by Crippen LogP contribution is -2.31. The smallest absolute Gasteiger partial charge is 0.304 e. The van der Waals surface area contributed by atoms with Crippen LogP contribution >= 0.6 is 8.88 Å². The minimum Gasteiger partial charge on any atom is -0.329 e. The van der Waals surface area contributed by atoms with Crippen molar-refractivity contribution in [3.8, 4) is 5.69 Å². The second-order valence-electron chi connectivity index (χ2n) is 16.3. The first-order valence-electron chi connectivity index (χ1n) is 21.7. The number of amides is 1. The number of nitrogens with two attached hydrogens (primary N) is 1. The molecule has 0 aliphatic carbocycles. The van der Waals surface area contributed by atoms with Crippen LogP contribution in [-0.4, -0.2) is 34.4 Å². The van der Waals surface area contributed by atoms with E-state index < -0.39 is 11.7 Å². The Hall–Kier alpha value is -6.79. The second kappa shape index (κ2) is 19.9. The van der Waals surface area contributed by atoms with Gasteiger partial charge in [-0.1, -0.05) is 158 Å². The van der Waals surface area contributed by atoms with Crippen molar-refractivity contribution in [3.05, 3.63) is 222 Å². The van der Waals surface area contributed by atoms with E-state index in [0.29, 0.717) is 32.2 Å². The van der Waals surface area contributed by atoms with E-state index in [9.17, 15) is 9.59 Å². The molecular weight excluding hydrogens is 794 g/mol. The van der Waals surface area contributed by atoms with E-state index in [0.717, 1.165) is 24.9 Å². The lowest BCUT2D eigenvalue weighted by atomic mass is 10.1. The molecule has 10 rings (SSSR count). The van der Waals surface area contributed by atoms with Crippen LogP contribution in [0.1, 0.15) is 47.8 Å². The molecular formula is C55H54N5O2P. The number of fused-ring (bicyclic) bond motifs is 4. The molecule has 7 nitrogen and oxygen atoms in total. The van der Waals surface area contributed by atoms with Crippen molar-refractivity contribution >= 4 is 54.4 Å². The molecule has 0 fully saturated rings. The molecule has 0 saturated heterocycles. The number of aromatic nitrogens is 1. The summed E-state index contributed by atoms with van der Waals surface area (Å²) in [6, 6.07) is 69.1. The summed E-state index contributed by atoms with van der Waals surface area (Å²) >= 11 is 0. The number of benzene rings is 7. The maximum atomic E-state index is 11.9. The molecule has 1 aromatic heterocycles. The molecule has 2 aliphatic heterocycles. The molecule has 0 saturated carbocycles. The highest BCUT2D eigenvalue weighted by Gasteiger charge is 2.39. The number of ketones is 1. The summed E-state index contributed by atoms with van der Waals surface area (Å²) in [6.07, 6.45) is 3.02. The maximum Gasteiger partial charge on any atom is 0.304 e. The van der Waals surface area contributed by atoms with Crippen LogP contribution < -0.4 is 20.0 Å². The van der Waals surface area contributed by atoms with Crippen LogP contribution in [-0.2, 0) is 24.1 Å². The molecule has 8 aromatic rings. The number of nitrogens with zero attached hydrogens (tertiary/aromatic N) is 4. The average Bonchev–Trinajstić information content (AvgIpc) is 3.95. The minimum absolute atomic E-state index is 0.266. The van der Waals surface area contributed by atoms with Crippen molar-refractivity contribution in [2.75, 3.05) is 14.2 Å². The Labute approximate surface area is 373 Å². The van der Waals surface area contributed by atoms with Gasteiger partial charge in [0, 0.05) is 34.9 Å². The van der Waals surface area contributed by atoms with E-state index in [2.05, 4.69) is 155 Å². The maximum absolute atomic E-state index is 11.9. The summed E-state index contributed by atoms with van der Waals surface area (Å²) in [4.78, 5) is 25.2. The zero-order valence-corrected chi connectivity index (χ0v) is 37.1. The molecule has 7 aromatic carbocycles. The molecule has 0 spiro atoms. The monoisotopic (exact) mass is 847 g/mol. The number of para-hydroxylation sites is 4. The van der Waals surface area contributed by atoms with Gasteiger partial charge in [-0.2, -0.15) is 0 Å². The first kappa shape index (κ1) is 42.9. The minimum atomic E-state index is -0.489.